The molecule has 0 spiro atoms. The summed E-state index contributed by atoms with van der Waals surface area (Å²) in [5.41, 5.74) is 8.82. The Balaban J connectivity index is 2.42. The smallest absolute Gasteiger partial charge is 0.256 e. The summed E-state index contributed by atoms with van der Waals surface area (Å²) < 4.78 is 0.734. The SMILES string of the molecule is Cc1ccc(Cl)c(NC(=O)c2cc(Br)cc(N)c2C)c1Cl. The van der Waals surface area contributed by atoms with Gasteiger partial charge in [0, 0.05) is 15.7 Å². The summed E-state index contributed by atoms with van der Waals surface area (Å²) in [6, 6.07) is 6.94. The minimum absolute atomic E-state index is 0.310. The maximum atomic E-state index is 12.5. The number of nitrogen functional groups attached to an aromatic ring is 1. The van der Waals surface area contributed by atoms with Gasteiger partial charge in [0.15, 0.2) is 0 Å². The van der Waals surface area contributed by atoms with Crippen LogP contribution in [0.4, 0.5) is 11.4 Å². The van der Waals surface area contributed by atoms with E-state index in [1.54, 1.807) is 31.2 Å². The van der Waals surface area contributed by atoms with Crippen LogP contribution in [0, 0.1) is 13.8 Å². The van der Waals surface area contributed by atoms with E-state index in [9.17, 15) is 4.79 Å². The largest absolute Gasteiger partial charge is 0.398 e. The fourth-order valence-corrected chi connectivity index (χ4v) is 2.83. The monoisotopic (exact) mass is 386 g/mol. The molecule has 0 unspecified atom stereocenters. The topological polar surface area (TPSA) is 55.1 Å². The molecule has 21 heavy (non-hydrogen) atoms. The third-order valence-electron chi connectivity index (χ3n) is 3.18. The molecule has 0 atom stereocenters. The Bertz CT molecular complexity index is 732. The van der Waals surface area contributed by atoms with E-state index in [-0.39, 0.29) is 5.91 Å². The van der Waals surface area contributed by atoms with Crippen LogP contribution in [-0.4, -0.2) is 5.91 Å². The molecule has 2 aromatic carbocycles. The molecule has 0 saturated carbocycles. The molecular weight excluding hydrogens is 375 g/mol. The van der Waals surface area contributed by atoms with Crippen molar-refractivity contribution in [1.82, 2.24) is 0 Å². The molecule has 2 rings (SSSR count). The van der Waals surface area contributed by atoms with E-state index in [1.807, 2.05) is 6.92 Å². The maximum Gasteiger partial charge on any atom is 0.256 e. The Kier molecular flexibility index (Phi) is 4.81. The van der Waals surface area contributed by atoms with Gasteiger partial charge in [-0.15, -0.1) is 0 Å². The second-order valence-corrected chi connectivity index (χ2v) is 6.38. The zero-order chi connectivity index (χ0) is 15.7. The molecule has 0 aromatic heterocycles. The van der Waals surface area contributed by atoms with Gasteiger partial charge in [0.1, 0.15) is 0 Å². The first-order chi connectivity index (χ1) is 9.81. The Labute approximate surface area is 141 Å². The van der Waals surface area contributed by atoms with Crippen LogP contribution < -0.4 is 11.1 Å². The molecule has 1 amide bonds. The van der Waals surface area contributed by atoms with Crippen LogP contribution in [-0.2, 0) is 0 Å². The summed E-state index contributed by atoms with van der Waals surface area (Å²) in [5, 5.41) is 3.57. The molecule has 0 saturated heterocycles. The van der Waals surface area contributed by atoms with Gasteiger partial charge in [-0.2, -0.15) is 0 Å². The van der Waals surface area contributed by atoms with Gasteiger partial charge in [0.25, 0.3) is 5.91 Å². The van der Waals surface area contributed by atoms with Crippen LogP contribution >= 0.6 is 39.1 Å². The highest BCUT2D eigenvalue weighted by molar-refractivity contribution is 9.10. The quantitative estimate of drug-likeness (QED) is 0.695. The molecule has 0 fully saturated rings. The molecule has 110 valence electrons. The molecule has 2 aromatic rings. The van der Waals surface area contributed by atoms with Gasteiger partial charge in [0.2, 0.25) is 0 Å². The maximum absolute atomic E-state index is 12.5. The number of carbonyl (C=O) groups is 1. The van der Waals surface area contributed by atoms with Crippen molar-refractivity contribution < 1.29 is 4.79 Å². The normalized spacial score (nSPS) is 10.5. The van der Waals surface area contributed by atoms with E-state index >= 15 is 0 Å². The highest BCUT2D eigenvalue weighted by Gasteiger charge is 2.16. The molecule has 0 aliphatic rings. The summed E-state index contributed by atoms with van der Waals surface area (Å²) in [6.07, 6.45) is 0. The zero-order valence-electron chi connectivity index (χ0n) is 11.4. The number of nitrogens with two attached hydrogens (primary N) is 1. The number of hydrogen-bond acceptors (Lipinski definition) is 2. The van der Waals surface area contributed by atoms with E-state index in [0.29, 0.717) is 32.5 Å². The van der Waals surface area contributed by atoms with Crippen molar-refractivity contribution in [3.05, 3.63) is 55.5 Å². The summed E-state index contributed by atoms with van der Waals surface area (Å²) in [7, 11) is 0. The number of benzene rings is 2. The van der Waals surface area contributed by atoms with E-state index in [2.05, 4.69) is 21.2 Å². The van der Waals surface area contributed by atoms with Crippen LogP contribution in [0.15, 0.2) is 28.7 Å². The minimum Gasteiger partial charge on any atom is -0.398 e. The van der Waals surface area contributed by atoms with Crippen molar-refractivity contribution in [2.75, 3.05) is 11.1 Å². The lowest BCUT2D eigenvalue weighted by Gasteiger charge is -2.13. The first-order valence-corrected chi connectivity index (χ1v) is 7.67. The lowest BCUT2D eigenvalue weighted by Crippen LogP contribution is -2.15. The second-order valence-electron chi connectivity index (χ2n) is 4.67. The van der Waals surface area contributed by atoms with Crippen molar-refractivity contribution in [3.8, 4) is 0 Å². The van der Waals surface area contributed by atoms with Gasteiger partial charge >= 0.3 is 0 Å². The van der Waals surface area contributed by atoms with E-state index in [1.165, 1.54) is 0 Å². The fraction of sp³-hybridized carbons (Fsp3) is 0.133. The number of amides is 1. The van der Waals surface area contributed by atoms with E-state index in [0.717, 1.165) is 10.0 Å². The van der Waals surface area contributed by atoms with Crippen molar-refractivity contribution in [2.24, 2.45) is 0 Å². The van der Waals surface area contributed by atoms with Gasteiger partial charge in [-0.1, -0.05) is 45.2 Å². The van der Waals surface area contributed by atoms with E-state index in [4.69, 9.17) is 28.9 Å². The third kappa shape index (κ3) is 3.34. The number of halogens is 3. The number of carbonyl (C=O) groups excluding carboxylic acids is 1. The third-order valence-corrected chi connectivity index (χ3v) is 4.44. The zero-order valence-corrected chi connectivity index (χ0v) is 14.5. The Morgan fingerprint density at radius 1 is 1.24 bits per heavy atom. The Hall–Kier alpha value is -1.23. The summed E-state index contributed by atoms with van der Waals surface area (Å²) in [6.45, 7) is 3.63. The minimum atomic E-state index is -0.310. The van der Waals surface area contributed by atoms with Gasteiger partial charge in [-0.25, -0.2) is 0 Å². The number of hydrogen-bond donors (Lipinski definition) is 2. The molecular formula is C15H13BrCl2N2O. The predicted molar refractivity (Wildman–Crippen MR) is 92.4 cm³/mol. The number of anilines is 2. The van der Waals surface area contributed by atoms with Gasteiger partial charge < -0.3 is 11.1 Å². The van der Waals surface area contributed by atoms with Crippen LogP contribution in [0.2, 0.25) is 10.0 Å². The van der Waals surface area contributed by atoms with Crippen LogP contribution in [0.5, 0.6) is 0 Å². The standard InChI is InChI=1S/C15H13BrCl2N2O/c1-7-3-4-11(17)14(13(7)18)20-15(21)10-5-9(16)6-12(19)8(10)2/h3-6H,19H2,1-2H3,(H,20,21). The molecule has 3 nitrogen and oxygen atoms in total. The number of nitrogens with one attached hydrogen (secondary N) is 1. The molecule has 0 aliphatic carbocycles. The highest BCUT2D eigenvalue weighted by atomic mass is 79.9. The average Bonchev–Trinajstić information content (AvgIpc) is 2.43. The highest BCUT2D eigenvalue weighted by Crippen LogP contribution is 2.33. The van der Waals surface area contributed by atoms with Crippen LogP contribution in [0.1, 0.15) is 21.5 Å². The van der Waals surface area contributed by atoms with Gasteiger partial charge in [-0.05, 0) is 43.2 Å². The van der Waals surface area contributed by atoms with Crippen LogP contribution in [0.25, 0.3) is 0 Å². The molecule has 0 radical (unpaired) electrons. The first-order valence-electron chi connectivity index (χ1n) is 6.13. The lowest BCUT2D eigenvalue weighted by molar-refractivity contribution is 0.102. The molecule has 0 bridgehead atoms. The van der Waals surface area contributed by atoms with Crippen molar-refractivity contribution in [2.45, 2.75) is 13.8 Å². The van der Waals surface area contributed by atoms with Gasteiger partial charge in [-0.3, -0.25) is 4.79 Å². The average molecular weight is 388 g/mol. The lowest BCUT2D eigenvalue weighted by atomic mass is 10.1. The Morgan fingerprint density at radius 2 is 1.90 bits per heavy atom. The molecule has 0 heterocycles. The fourth-order valence-electron chi connectivity index (χ4n) is 1.89. The van der Waals surface area contributed by atoms with Gasteiger partial charge in [0.05, 0.1) is 15.7 Å². The first kappa shape index (κ1) is 16.1. The Morgan fingerprint density at radius 3 is 2.57 bits per heavy atom. The number of rotatable bonds is 2. The van der Waals surface area contributed by atoms with Crippen molar-refractivity contribution >= 4 is 56.4 Å². The van der Waals surface area contributed by atoms with Crippen LogP contribution in [0.3, 0.4) is 0 Å². The molecule has 6 heteroatoms. The predicted octanol–water partition coefficient (Wildman–Crippen LogP) is 5.21. The summed E-state index contributed by atoms with van der Waals surface area (Å²) in [4.78, 5) is 12.5. The van der Waals surface area contributed by atoms with E-state index < -0.39 is 0 Å². The molecule has 0 aliphatic heterocycles. The van der Waals surface area contributed by atoms with Crippen molar-refractivity contribution in [3.63, 3.8) is 0 Å². The number of aryl methyl sites for hydroxylation is 1. The molecule has 3 N–H and O–H groups in total. The summed E-state index contributed by atoms with van der Waals surface area (Å²) in [5.74, 6) is -0.310. The second kappa shape index (κ2) is 6.26. The van der Waals surface area contributed by atoms with Crippen molar-refractivity contribution in [1.29, 1.82) is 0 Å². The summed E-state index contributed by atoms with van der Waals surface area (Å²) >= 11 is 15.6.